The van der Waals surface area contributed by atoms with Crippen LogP contribution in [0.15, 0.2) is 12.7 Å². The molecule has 2 aromatic rings. The summed E-state index contributed by atoms with van der Waals surface area (Å²) < 4.78 is 60.8. The summed E-state index contributed by atoms with van der Waals surface area (Å²) in [4.78, 5) is 93.0. The average Bonchev–Trinajstić information content (AvgIpc) is 3.61. The Balaban J connectivity index is 0.0000101. The minimum absolute atomic E-state index is 0. The molecule has 0 aliphatic carbocycles. The van der Waals surface area contributed by atoms with E-state index in [2.05, 4.69) is 43.5 Å². The molecule has 2 aromatic heterocycles. The predicted molar refractivity (Wildman–Crippen MR) is 175 cm³/mol. The van der Waals surface area contributed by atoms with Crippen LogP contribution in [0.25, 0.3) is 11.2 Å². The number of anilines is 1. The van der Waals surface area contributed by atoms with E-state index in [9.17, 15) is 57.9 Å². The Morgan fingerprint density at radius 3 is 2.36 bits per heavy atom. The molecule has 0 saturated carbocycles. The van der Waals surface area contributed by atoms with E-state index in [1.165, 1.54) is 13.8 Å². The van der Waals surface area contributed by atoms with Gasteiger partial charge >= 0.3 is 64.4 Å². The molecular formula is C25H39Li3N7O17P3S. The van der Waals surface area contributed by atoms with Crippen molar-refractivity contribution < 1.29 is 137 Å². The van der Waals surface area contributed by atoms with Crippen molar-refractivity contribution in [2.45, 2.75) is 70.7 Å². The minimum atomic E-state index is -5.83. The Labute approximate surface area is 360 Å². The Morgan fingerprint density at radius 2 is 1.73 bits per heavy atom. The molecule has 0 aromatic carbocycles. The Bertz CT molecular complexity index is 1760. The number of phosphoric ester groups is 3. The summed E-state index contributed by atoms with van der Waals surface area (Å²) in [5.41, 5.74) is 4.12. The average molecular weight is 855 g/mol. The van der Waals surface area contributed by atoms with Crippen molar-refractivity contribution in [2.75, 3.05) is 37.8 Å². The van der Waals surface area contributed by atoms with Crippen LogP contribution >= 0.6 is 35.2 Å². The van der Waals surface area contributed by atoms with E-state index in [-0.39, 0.29) is 98.2 Å². The van der Waals surface area contributed by atoms with Gasteiger partial charge in [-0.05, 0) is 6.42 Å². The van der Waals surface area contributed by atoms with Gasteiger partial charge in [0.2, 0.25) is 11.8 Å². The van der Waals surface area contributed by atoms with Crippen LogP contribution in [0.1, 0.15) is 46.3 Å². The number of aliphatic hydroxyl groups excluding tert-OH is 2. The largest absolute Gasteiger partial charge is 1.00 e. The van der Waals surface area contributed by atoms with Gasteiger partial charge in [0.05, 0.1) is 27.4 Å². The summed E-state index contributed by atoms with van der Waals surface area (Å²) in [5, 5.41) is 26.2. The molecule has 0 radical (unpaired) electrons. The van der Waals surface area contributed by atoms with Crippen molar-refractivity contribution in [1.82, 2.24) is 30.2 Å². The minimum Gasteiger partial charge on any atom is -0.790 e. The molecule has 31 heteroatoms. The van der Waals surface area contributed by atoms with Gasteiger partial charge in [-0.3, -0.25) is 28.0 Å². The van der Waals surface area contributed by atoms with Crippen molar-refractivity contribution in [1.29, 1.82) is 0 Å². The number of thioether (sulfide) groups is 1. The number of hydrogen-bond donors (Lipinski definition) is 6. The van der Waals surface area contributed by atoms with Crippen LogP contribution in [0.2, 0.25) is 0 Å². The quantitative estimate of drug-likeness (QED) is 0.0386. The van der Waals surface area contributed by atoms with Gasteiger partial charge in [0, 0.05) is 37.1 Å². The second kappa shape index (κ2) is 24.0. The molecule has 3 rings (SSSR count). The number of nitrogen functional groups attached to an aromatic ring is 1. The van der Waals surface area contributed by atoms with E-state index >= 15 is 0 Å². The molecule has 24 nitrogen and oxygen atoms in total. The van der Waals surface area contributed by atoms with E-state index in [0.29, 0.717) is 18.6 Å². The van der Waals surface area contributed by atoms with Gasteiger partial charge in [0.25, 0.3) is 7.82 Å². The summed E-state index contributed by atoms with van der Waals surface area (Å²) in [7, 11) is -17.2. The molecule has 7 atom stereocenters. The first-order chi connectivity index (χ1) is 24.6. The van der Waals surface area contributed by atoms with E-state index in [1.807, 2.05) is 6.92 Å². The fraction of sp³-hybridized carbons (Fsp3) is 0.680. The summed E-state index contributed by atoms with van der Waals surface area (Å²) in [6.45, 7) is 2.14. The molecule has 7 N–H and O–H groups in total. The molecule has 1 aliphatic heterocycles. The van der Waals surface area contributed by atoms with Crippen LogP contribution in [-0.2, 0) is 50.7 Å². The molecule has 2 amide bonds. The van der Waals surface area contributed by atoms with Gasteiger partial charge in [-0.1, -0.05) is 32.5 Å². The van der Waals surface area contributed by atoms with Crippen molar-refractivity contribution in [3.8, 4) is 0 Å². The van der Waals surface area contributed by atoms with Crippen molar-refractivity contribution in [2.24, 2.45) is 5.41 Å². The molecule has 3 heterocycles. The van der Waals surface area contributed by atoms with Crippen molar-refractivity contribution in [3.05, 3.63) is 12.7 Å². The first-order valence-electron chi connectivity index (χ1n) is 15.5. The third-order valence-electron chi connectivity index (χ3n) is 7.20. The number of amides is 2. The SMILES string of the molecule is CCCC(=O)SCCNC(=O)CCNC(=O)C(O)C(C)(C)COP(=O)([O-])OP(=O)(O)OCC1OC(n2cnc3c(N)ncnc32)C(O)C1OP(=O)([O-])[O-].[Li+].[Li+].[Li+]. The maximum Gasteiger partial charge on any atom is 1.00 e. The number of ether oxygens (including phenoxy) is 1. The second-order valence-corrected chi connectivity index (χ2v) is 17.2. The van der Waals surface area contributed by atoms with Crippen LogP contribution in [0.4, 0.5) is 5.82 Å². The van der Waals surface area contributed by atoms with Crippen LogP contribution in [-0.4, -0.2) is 108 Å². The predicted octanol–water partition coefficient (Wildman–Crippen LogP) is -11.4. The smallest absolute Gasteiger partial charge is 0.790 e. The number of nitrogens with two attached hydrogens (primary N) is 1. The van der Waals surface area contributed by atoms with E-state index in [1.54, 1.807) is 0 Å². The van der Waals surface area contributed by atoms with Crippen molar-refractivity contribution >= 4 is 69.1 Å². The van der Waals surface area contributed by atoms with Crippen LogP contribution in [0, 0.1) is 5.41 Å². The van der Waals surface area contributed by atoms with Crippen LogP contribution in [0.5, 0.6) is 0 Å². The molecule has 1 aliphatic rings. The number of carbonyl (C=O) groups excluding carboxylic acids is 3. The third kappa shape index (κ3) is 17.1. The maximum absolute atomic E-state index is 12.6. The Kier molecular flexibility index (Phi) is 23.7. The number of hydrogen-bond acceptors (Lipinski definition) is 21. The monoisotopic (exact) mass is 855 g/mol. The number of fused-ring (bicyclic) bond motifs is 1. The summed E-state index contributed by atoms with van der Waals surface area (Å²) in [5.74, 6) is -1.13. The summed E-state index contributed by atoms with van der Waals surface area (Å²) in [6, 6.07) is 0. The molecule has 0 bridgehead atoms. The number of aliphatic hydroxyl groups is 2. The number of nitrogens with one attached hydrogen (secondary N) is 2. The molecular weight excluding hydrogens is 816 g/mol. The van der Waals surface area contributed by atoms with Crippen LogP contribution < -0.4 is 87.6 Å². The van der Waals surface area contributed by atoms with E-state index in [0.717, 1.165) is 29.0 Å². The van der Waals surface area contributed by atoms with Crippen LogP contribution in [0.3, 0.4) is 0 Å². The fourth-order valence-electron chi connectivity index (χ4n) is 4.56. The van der Waals surface area contributed by atoms with E-state index in [4.69, 9.17) is 10.5 Å². The number of carbonyl (C=O) groups is 3. The molecule has 1 saturated heterocycles. The van der Waals surface area contributed by atoms with Crippen molar-refractivity contribution in [3.63, 3.8) is 0 Å². The molecule has 7 unspecified atom stereocenters. The fourth-order valence-corrected chi connectivity index (χ4v) is 8.11. The number of rotatable bonds is 21. The maximum atomic E-state index is 12.6. The number of nitrogens with zero attached hydrogens (tertiary/aromatic N) is 4. The van der Waals surface area contributed by atoms with Gasteiger partial charge in [0.1, 0.15) is 36.3 Å². The Hall–Kier alpha value is -0.648. The zero-order valence-electron chi connectivity index (χ0n) is 31.4. The first kappa shape index (κ1) is 55.4. The zero-order chi connectivity index (χ0) is 39.8. The normalized spacial score (nSPS) is 21.0. The molecule has 56 heavy (non-hydrogen) atoms. The zero-order valence-corrected chi connectivity index (χ0v) is 34.9. The molecule has 300 valence electrons. The topological polar surface area (TPSA) is 372 Å². The van der Waals surface area contributed by atoms with Gasteiger partial charge in [-0.25, -0.2) is 23.8 Å². The number of phosphoric acid groups is 3. The third-order valence-corrected chi connectivity index (χ3v) is 11.2. The summed E-state index contributed by atoms with van der Waals surface area (Å²) in [6.07, 6.45) is -6.26. The summed E-state index contributed by atoms with van der Waals surface area (Å²) >= 11 is 1.09. The second-order valence-electron chi connectivity index (χ2n) is 12.0. The first-order valence-corrected chi connectivity index (χ1v) is 21.0. The Morgan fingerprint density at radius 1 is 1.07 bits per heavy atom. The standard InChI is InChI=1S/C25H42N7O17P3S.3Li/c1-4-5-16(34)53-9-8-27-15(33)6-7-28-23(37)20(36)25(2,3)11-46-52(43,44)49-51(41,42)45-10-14-19(48-50(38,39)40)18(35)24(47-14)32-13-31-17-21(26)29-12-30-22(17)32;;;/h12-14,18-20,24,35-36H,4-11H2,1-3H3,(H,27,33)(H,28,37)(H,41,42)(H,43,44)(H2,26,29,30)(H2,38,39,40);;;/q;3*+1/p-3. The molecule has 0 spiro atoms. The van der Waals surface area contributed by atoms with E-state index < -0.39 is 84.6 Å². The van der Waals surface area contributed by atoms with Gasteiger partial charge in [-0.15, -0.1) is 0 Å². The number of aromatic nitrogens is 4. The van der Waals surface area contributed by atoms with Gasteiger partial charge in [0.15, 0.2) is 22.8 Å². The van der Waals surface area contributed by atoms with Gasteiger partial charge in [-0.2, -0.15) is 0 Å². The molecule has 1 fully saturated rings. The number of imidazole rings is 1. The van der Waals surface area contributed by atoms with Gasteiger partial charge < -0.3 is 64.5 Å².